The van der Waals surface area contributed by atoms with Crippen LogP contribution < -0.4 is 15.8 Å². The smallest absolute Gasteiger partial charge is 0.291 e. The lowest BCUT2D eigenvalue weighted by molar-refractivity contribution is 0.0992. The highest BCUT2D eigenvalue weighted by atomic mass is 32.1. The molecule has 5 rings (SSSR count). The number of hydrogen-bond donors (Lipinski definition) is 2. The number of nitrogens with two attached hydrogens (primary N) is 1. The first-order valence-corrected chi connectivity index (χ1v) is 13.0. The number of thiophene rings is 1. The van der Waals surface area contributed by atoms with E-state index < -0.39 is 23.9 Å². The van der Waals surface area contributed by atoms with Crippen molar-refractivity contribution in [3.63, 3.8) is 0 Å². The Morgan fingerprint density at radius 1 is 1.12 bits per heavy atom. The van der Waals surface area contributed by atoms with Gasteiger partial charge in [-0.05, 0) is 67.8 Å². The minimum Gasteiger partial charge on any atom is -0.486 e. The number of carbonyl (C=O) groups excluding carboxylic acids is 2. The third-order valence-electron chi connectivity index (χ3n) is 6.35. The van der Waals surface area contributed by atoms with Gasteiger partial charge in [-0.25, -0.2) is 13.8 Å². The molecule has 0 aliphatic rings. The molecule has 0 atom stereocenters. The van der Waals surface area contributed by atoms with Crippen molar-refractivity contribution in [3.05, 3.63) is 81.5 Å². The number of fused-ring (bicyclic) bond motifs is 1. The van der Waals surface area contributed by atoms with Gasteiger partial charge in [0.05, 0.1) is 11.9 Å². The minimum atomic E-state index is -2.86. The zero-order valence-corrected chi connectivity index (χ0v) is 22.9. The van der Waals surface area contributed by atoms with E-state index in [-0.39, 0.29) is 27.8 Å². The summed E-state index contributed by atoms with van der Waals surface area (Å²) in [5, 5.41) is 7.21. The Morgan fingerprint density at radius 3 is 2.48 bits per heavy atom. The van der Waals surface area contributed by atoms with Crippen LogP contribution in [0.4, 0.5) is 14.5 Å². The summed E-state index contributed by atoms with van der Waals surface area (Å²) in [6, 6.07) is 10.1. The molecule has 4 aromatic heterocycles. The van der Waals surface area contributed by atoms with Crippen LogP contribution in [0.25, 0.3) is 21.3 Å². The summed E-state index contributed by atoms with van der Waals surface area (Å²) in [6.07, 6.45) is -1.33. The average molecular weight is 566 g/mol. The van der Waals surface area contributed by atoms with Crippen molar-refractivity contribution >= 4 is 39.1 Å². The summed E-state index contributed by atoms with van der Waals surface area (Å²) >= 11 is 0.824. The molecule has 0 spiro atoms. The number of rotatable bonds is 8. The van der Waals surface area contributed by atoms with Gasteiger partial charge in [0, 0.05) is 23.7 Å². The monoisotopic (exact) mass is 565 g/mol. The van der Waals surface area contributed by atoms with E-state index in [4.69, 9.17) is 14.9 Å². The van der Waals surface area contributed by atoms with Crippen LogP contribution in [0.1, 0.15) is 54.9 Å². The van der Waals surface area contributed by atoms with E-state index >= 15 is 0 Å². The molecule has 12 heteroatoms. The standard InChI is InChI=1S/C28H25F2N5O4S/c1-13-7-14(2)9-17(8-13)38-12-16-5-6-21(39-16)27(37)34-23-22-18(19-11-32-35(4)15(19)3)10-20(25(29)30)33-28(22)40-24(23)26(31)36/h5-11,25H,12H2,1-4H3,(H2,31,36)(H,34,37). The molecule has 2 amide bonds. The molecule has 0 aliphatic carbocycles. The number of benzene rings is 1. The molecular formula is C28H25F2N5O4S. The van der Waals surface area contributed by atoms with Gasteiger partial charge in [-0.3, -0.25) is 14.3 Å². The number of aromatic nitrogens is 3. The number of primary amides is 1. The normalized spacial score (nSPS) is 11.4. The van der Waals surface area contributed by atoms with Crippen molar-refractivity contribution in [2.75, 3.05) is 5.32 Å². The van der Waals surface area contributed by atoms with Crippen molar-refractivity contribution in [1.82, 2.24) is 14.8 Å². The number of pyridine rings is 1. The molecule has 0 radical (unpaired) electrons. The van der Waals surface area contributed by atoms with Crippen molar-refractivity contribution in [2.45, 2.75) is 33.8 Å². The predicted molar refractivity (Wildman–Crippen MR) is 147 cm³/mol. The Bertz CT molecular complexity index is 1750. The highest BCUT2D eigenvalue weighted by Crippen LogP contribution is 2.43. The second-order valence-electron chi connectivity index (χ2n) is 9.35. The largest absolute Gasteiger partial charge is 0.486 e. The zero-order chi connectivity index (χ0) is 28.7. The maximum absolute atomic E-state index is 13.7. The van der Waals surface area contributed by atoms with Crippen LogP contribution in [0, 0.1) is 20.8 Å². The number of nitrogens with one attached hydrogen (secondary N) is 1. The van der Waals surface area contributed by atoms with E-state index in [0.717, 1.165) is 22.5 Å². The topological polar surface area (TPSA) is 125 Å². The number of carbonyl (C=O) groups is 2. The van der Waals surface area contributed by atoms with Crippen LogP contribution in [0.5, 0.6) is 5.75 Å². The molecule has 0 bridgehead atoms. The molecule has 1 aromatic carbocycles. The molecule has 3 N–H and O–H groups in total. The molecule has 9 nitrogen and oxygen atoms in total. The molecule has 40 heavy (non-hydrogen) atoms. The third-order valence-corrected chi connectivity index (χ3v) is 7.45. The van der Waals surface area contributed by atoms with Gasteiger partial charge >= 0.3 is 0 Å². The fourth-order valence-corrected chi connectivity index (χ4v) is 5.44. The maximum Gasteiger partial charge on any atom is 0.291 e. The Labute approximate surface area is 231 Å². The number of hydrogen-bond acceptors (Lipinski definition) is 7. The van der Waals surface area contributed by atoms with Crippen LogP contribution >= 0.6 is 11.3 Å². The first-order valence-electron chi connectivity index (χ1n) is 12.2. The van der Waals surface area contributed by atoms with E-state index in [2.05, 4.69) is 15.4 Å². The van der Waals surface area contributed by atoms with E-state index in [9.17, 15) is 18.4 Å². The Kier molecular flexibility index (Phi) is 7.11. The van der Waals surface area contributed by atoms with Crippen molar-refractivity contribution in [1.29, 1.82) is 0 Å². The van der Waals surface area contributed by atoms with Gasteiger partial charge < -0.3 is 20.2 Å². The molecule has 0 saturated heterocycles. The number of aryl methyl sites for hydroxylation is 3. The lowest BCUT2D eigenvalue weighted by Crippen LogP contribution is -2.16. The van der Waals surface area contributed by atoms with Gasteiger partial charge in [0.1, 0.15) is 33.5 Å². The third kappa shape index (κ3) is 5.17. The molecule has 0 aliphatic heterocycles. The highest BCUT2D eigenvalue weighted by molar-refractivity contribution is 7.21. The molecule has 206 valence electrons. The number of furan rings is 1. The Hall–Kier alpha value is -4.58. The molecule has 5 aromatic rings. The predicted octanol–water partition coefficient (Wildman–Crippen LogP) is 6.08. The minimum absolute atomic E-state index is 0.0324. The Morgan fingerprint density at radius 2 is 1.85 bits per heavy atom. The highest BCUT2D eigenvalue weighted by Gasteiger charge is 2.27. The lowest BCUT2D eigenvalue weighted by atomic mass is 10.0. The summed E-state index contributed by atoms with van der Waals surface area (Å²) in [7, 11) is 1.72. The van der Waals surface area contributed by atoms with Crippen LogP contribution in [0.3, 0.4) is 0 Å². The van der Waals surface area contributed by atoms with E-state index in [1.165, 1.54) is 18.3 Å². The Balaban J connectivity index is 1.50. The van der Waals surface area contributed by atoms with Crippen molar-refractivity contribution in [2.24, 2.45) is 12.8 Å². The number of alkyl halides is 2. The average Bonchev–Trinajstić information content (AvgIpc) is 3.60. The molecule has 0 unspecified atom stereocenters. The van der Waals surface area contributed by atoms with Crippen molar-refractivity contribution < 1.29 is 27.5 Å². The van der Waals surface area contributed by atoms with Crippen LogP contribution in [-0.4, -0.2) is 26.6 Å². The van der Waals surface area contributed by atoms with Gasteiger partial charge in [-0.2, -0.15) is 5.10 Å². The summed E-state index contributed by atoms with van der Waals surface area (Å²) in [4.78, 5) is 29.8. The summed E-state index contributed by atoms with van der Waals surface area (Å²) in [5.41, 5.74) is 8.90. The first-order chi connectivity index (χ1) is 19.0. The first kappa shape index (κ1) is 27.0. The lowest BCUT2D eigenvalue weighted by Gasteiger charge is -2.10. The quantitative estimate of drug-likeness (QED) is 0.235. The maximum atomic E-state index is 13.7. The van der Waals surface area contributed by atoms with E-state index in [0.29, 0.717) is 33.7 Å². The number of nitrogens with zero attached hydrogens (tertiary/aromatic N) is 3. The van der Waals surface area contributed by atoms with Gasteiger partial charge in [-0.15, -0.1) is 11.3 Å². The van der Waals surface area contributed by atoms with Crippen molar-refractivity contribution in [3.8, 4) is 16.9 Å². The summed E-state index contributed by atoms with van der Waals surface area (Å²) in [5.74, 6) is -0.460. The van der Waals surface area contributed by atoms with Gasteiger partial charge in [0.25, 0.3) is 18.2 Å². The second kappa shape index (κ2) is 10.5. The number of amides is 2. The molecule has 4 heterocycles. The molecular weight excluding hydrogens is 540 g/mol. The number of halogens is 2. The van der Waals surface area contributed by atoms with Crippen LogP contribution in [-0.2, 0) is 13.7 Å². The number of anilines is 1. The van der Waals surface area contributed by atoms with Gasteiger partial charge in [-0.1, -0.05) is 6.07 Å². The van der Waals surface area contributed by atoms with E-state index in [1.54, 1.807) is 24.7 Å². The van der Waals surface area contributed by atoms with Gasteiger partial charge in [0.15, 0.2) is 5.76 Å². The number of ether oxygens (including phenoxy) is 1. The van der Waals surface area contributed by atoms with Crippen LogP contribution in [0.2, 0.25) is 0 Å². The SMILES string of the molecule is Cc1cc(C)cc(OCc2ccc(C(=O)Nc3c(C(N)=O)sc4nc(C(F)F)cc(-c5cnn(C)c5C)c34)o2)c1. The van der Waals surface area contributed by atoms with E-state index in [1.807, 2.05) is 32.0 Å². The van der Waals surface area contributed by atoms with Gasteiger partial charge in [0.2, 0.25) is 0 Å². The van der Waals surface area contributed by atoms with Crippen LogP contribution in [0.15, 0.2) is 47.0 Å². The zero-order valence-electron chi connectivity index (χ0n) is 22.0. The fourth-order valence-electron chi connectivity index (χ4n) is 4.42. The molecule has 0 saturated carbocycles. The molecule has 0 fully saturated rings. The summed E-state index contributed by atoms with van der Waals surface area (Å²) in [6.45, 7) is 5.80. The fraction of sp³-hybridized carbons (Fsp3) is 0.214. The summed E-state index contributed by atoms with van der Waals surface area (Å²) < 4.78 is 40.6. The second-order valence-corrected chi connectivity index (χ2v) is 10.3.